The molecule has 2 heterocycles. The molecule has 0 N–H and O–H groups in total. The average Bonchev–Trinajstić information content (AvgIpc) is 2.82. The zero-order valence-corrected chi connectivity index (χ0v) is 10.1. The first kappa shape index (κ1) is 9.76. The van der Waals surface area contributed by atoms with Crippen molar-refractivity contribution < 1.29 is 0 Å². The molecule has 0 spiro atoms. The molecule has 1 unspecified atom stereocenters. The van der Waals surface area contributed by atoms with Gasteiger partial charge >= 0.3 is 0 Å². The van der Waals surface area contributed by atoms with E-state index in [-0.39, 0.29) is 0 Å². The summed E-state index contributed by atoms with van der Waals surface area (Å²) in [6.07, 6.45) is 9.58. The van der Waals surface area contributed by atoms with Crippen molar-refractivity contribution in [3.8, 4) is 0 Å². The molecule has 0 bridgehead atoms. The van der Waals surface area contributed by atoms with Gasteiger partial charge in [0, 0.05) is 29.1 Å². The van der Waals surface area contributed by atoms with Crippen molar-refractivity contribution in [1.82, 2.24) is 9.55 Å². The predicted molar refractivity (Wildman–Crippen MR) is 64.3 cm³/mol. The summed E-state index contributed by atoms with van der Waals surface area (Å²) in [4.78, 5) is 4.31. The molecule has 2 nitrogen and oxygen atoms in total. The molecule has 1 aromatic rings. The molecule has 0 aromatic carbocycles. The summed E-state index contributed by atoms with van der Waals surface area (Å²) in [6.45, 7) is 3.56. The molecule has 1 saturated heterocycles. The van der Waals surface area contributed by atoms with Crippen LogP contribution in [0.15, 0.2) is 12.5 Å². The standard InChI is InChI=1S/C12H18N2S/c1-12(5-2-6-15-12)8-14-9-13-7-11(14)10-3-4-10/h7,9-10H,2-6,8H2,1H3. The summed E-state index contributed by atoms with van der Waals surface area (Å²) in [5, 5.41) is 0. The molecule has 1 aliphatic carbocycles. The predicted octanol–water partition coefficient (Wildman–Crippen LogP) is 3.05. The van der Waals surface area contributed by atoms with Crippen molar-refractivity contribution in [2.24, 2.45) is 0 Å². The third kappa shape index (κ3) is 1.94. The van der Waals surface area contributed by atoms with E-state index in [4.69, 9.17) is 0 Å². The molecule has 1 aromatic heterocycles. The number of hydrogen-bond donors (Lipinski definition) is 0. The number of rotatable bonds is 3. The fourth-order valence-corrected chi connectivity index (χ4v) is 3.80. The largest absolute Gasteiger partial charge is 0.333 e. The molecule has 2 aliphatic rings. The molecule has 1 atom stereocenters. The monoisotopic (exact) mass is 222 g/mol. The van der Waals surface area contributed by atoms with E-state index in [9.17, 15) is 0 Å². The fraction of sp³-hybridized carbons (Fsp3) is 0.750. The van der Waals surface area contributed by atoms with Gasteiger partial charge in [0.1, 0.15) is 0 Å². The van der Waals surface area contributed by atoms with Gasteiger partial charge in [-0.2, -0.15) is 11.8 Å². The van der Waals surface area contributed by atoms with Crippen LogP contribution in [0.5, 0.6) is 0 Å². The highest BCUT2D eigenvalue weighted by atomic mass is 32.2. The van der Waals surface area contributed by atoms with E-state index in [1.807, 2.05) is 6.33 Å². The molecular weight excluding hydrogens is 204 g/mol. The molecule has 1 aliphatic heterocycles. The van der Waals surface area contributed by atoms with Gasteiger partial charge in [-0.3, -0.25) is 0 Å². The Balaban J connectivity index is 1.77. The highest BCUT2D eigenvalue weighted by Crippen LogP contribution is 2.43. The molecule has 3 rings (SSSR count). The Kier molecular flexibility index (Phi) is 2.31. The van der Waals surface area contributed by atoms with Crippen LogP contribution in [0.4, 0.5) is 0 Å². The molecule has 0 amide bonds. The lowest BCUT2D eigenvalue weighted by atomic mass is 10.1. The van der Waals surface area contributed by atoms with E-state index < -0.39 is 0 Å². The van der Waals surface area contributed by atoms with Gasteiger partial charge in [0.15, 0.2) is 0 Å². The van der Waals surface area contributed by atoms with Crippen LogP contribution in [-0.4, -0.2) is 20.1 Å². The maximum absolute atomic E-state index is 4.31. The molecule has 2 fully saturated rings. The minimum absolute atomic E-state index is 0.463. The topological polar surface area (TPSA) is 17.8 Å². The Hall–Kier alpha value is -0.440. The quantitative estimate of drug-likeness (QED) is 0.782. The van der Waals surface area contributed by atoms with E-state index >= 15 is 0 Å². The van der Waals surface area contributed by atoms with Crippen molar-refractivity contribution in [3.05, 3.63) is 18.2 Å². The first-order chi connectivity index (χ1) is 7.27. The molecule has 0 radical (unpaired) electrons. The second-order valence-corrected chi connectivity index (χ2v) is 6.81. The Morgan fingerprint density at radius 3 is 3.13 bits per heavy atom. The van der Waals surface area contributed by atoms with Gasteiger partial charge in [0.2, 0.25) is 0 Å². The van der Waals surface area contributed by atoms with Crippen LogP contribution in [0.25, 0.3) is 0 Å². The van der Waals surface area contributed by atoms with Crippen molar-refractivity contribution in [3.63, 3.8) is 0 Å². The molecule has 1 saturated carbocycles. The van der Waals surface area contributed by atoms with E-state index in [1.165, 1.54) is 37.1 Å². The van der Waals surface area contributed by atoms with Crippen LogP contribution in [-0.2, 0) is 6.54 Å². The Morgan fingerprint density at radius 1 is 1.60 bits per heavy atom. The van der Waals surface area contributed by atoms with Gasteiger partial charge in [-0.05, 0) is 38.4 Å². The second kappa shape index (κ2) is 3.55. The minimum Gasteiger partial charge on any atom is -0.333 e. The first-order valence-electron chi connectivity index (χ1n) is 5.91. The third-order valence-corrected chi connectivity index (χ3v) is 5.07. The van der Waals surface area contributed by atoms with E-state index in [0.29, 0.717) is 4.75 Å². The van der Waals surface area contributed by atoms with Crippen molar-refractivity contribution in [2.75, 3.05) is 5.75 Å². The lowest BCUT2D eigenvalue weighted by Crippen LogP contribution is -2.24. The maximum Gasteiger partial charge on any atom is 0.0948 e. The van der Waals surface area contributed by atoms with Crippen LogP contribution < -0.4 is 0 Å². The average molecular weight is 222 g/mol. The van der Waals surface area contributed by atoms with E-state index in [0.717, 1.165) is 12.5 Å². The zero-order valence-electron chi connectivity index (χ0n) is 9.28. The molecule has 82 valence electrons. The second-order valence-electron chi connectivity index (χ2n) is 5.12. The number of aromatic nitrogens is 2. The first-order valence-corrected chi connectivity index (χ1v) is 6.89. The summed E-state index contributed by atoms with van der Waals surface area (Å²) >= 11 is 2.14. The smallest absolute Gasteiger partial charge is 0.0948 e. The van der Waals surface area contributed by atoms with E-state index in [2.05, 4.69) is 34.4 Å². The van der Waals surface area contributed by atoms with Crippen molar-refractivity contribution >= 4 is 11.8 Å². The van der Waals surface area contributed by atoms with Crippen molar-refractivity contribution in [1.29, 1.82) is 0 Å². The normalized spacial score (nSPS) is 31.0. The van der Waals surface area contributed by atoms with Crippen LogP contribution in [0, 0.1) is 0 Å². The maximum atomic E-state index is 4.31. The summed E-state index contributed by atoms with van der Waals surface area (Å²) in [7, 11) is 0. The molecule has 3 heteroatoms. The van der Waals surface area contributed by atoms with Crippen LogP contribution in [0.3, 0.4) is 0 Å². The lowest BCUT2D eigenvalue weighted by Gasteiger charge is -2.24. The fourth-order valence-electron chi connectivity index (χ4n) is 2.50. The summed E-state index contributed by atoms with van der Waals surface area (Å²) in [5.41, 5.74) is 1.48. The van der Waals surface area contributed by atoms with Gasteiger partial charge in [-0.15, -0.1) is 0 Å². The SMILES string of the molecule is CC1(Cn2cncc2C2CC2)CCCS1. The Bertz CT molecular complexity index is 348. The number of imidazole rings is 1. The van der Waals surface area contributed by atoms with Crippen LogP contribution in [0.1, 0.15) is 44.2 Å². The van der Waals surface area contributed by atoms with Gasteiger partial charge in [-0.25, -0.2) is 4.98 Å². The number of nitrogens with zero attached hydrogens (tertiary/aromatic N) is 2. The van der Waals surface area contributed by atoms with Crippen LogP contribution in [0.2, 0.25) is 0 Å². The van der Waals surface area contributed by atoms with Gasteiger partial charge in [-0.1, -0.05) is 0 Å². The highest BCUT2D eigenvalue weighted by Gasteiger charge is 2.33. The lowest BCUT2D eigenvalue weighted by molar-refractivity contribution is 0.499. The highest BCUT2D eigenvalue weighted by molar-refractivity contribution is 8.00. The van der Waals surface area contributed by atoms with E-state index in [1.54, 1.807) is 0 Å². The Labute approximate surface area is 95.5 Å². The minimum atomic E-state index is 0.463. The summed E-state index contributed by atoms with van der Waals surface area (Å²) in [5.74, 6) is 2.16. The van der Waals surface area contributed by atoms with Gasteiger partial charge < -0.3 is 4.57 Å². The van der Waals surface area contributed by atoms with Gasteiger partial charge in [0.05, 0.1) is 6.33 Å². The zero-order chi connectivity index (χ0) is 10.3. The Morgan fingerprint density at radius 2 is 2.47 bits per heavy atom. The van der Waals surface area contributed by atoms with Crippen LogP contribution >= 0.6 is 11.8 Å². The van der Waals surface area contributed by atoms with Crippen molar-refractivity contribution in [2.45, 2.75) is 49.8 Å². The third-order valence-electron chi connectivity index (χ3n) is 3.55. The molecular formula is C12H18N2S. The van der Waals surface area contributed by atoms with Gasteiger partial charge in [0.25, 0.3) is 0 Å². The summed E-state index contributed by atoms with van der Waals surface area (Å²) < 4.78 is 2.86. The number of hydrogen-bond acceptors (Lipinski definition) is 2. The summed E-state index contributed by atoms with van der Waals surface area (Å²) in [6, 6.07) is 0. The number of thioether (sulfide) groups is 1. The molecule has 15 heavy (non-hydrogen) atoms.